The fraction of sp³-hybridized carbons (Fsp3) is 0.0714. The van der Waals surface area contributed by atoms with Gasteiger partial charge in [0.2, 0.25) is 0 Å². The number of carbonyl (C=O) groups is 1. The van der Waals surface area contributed by atoms with Crippen molar-refractivity contribution in [1.82, 2.24) is 0 Å². The van der Waals surface area contributed by atoms with E-state index in [2.05, 4.69) is 15.9 Å². The van der Waals surface area contributed by atoms with Crippen molar-refractivity contribution in [3.8, 4) is 11.5 Å². The summed E-state index contributed by atoms with van der Waals surface area (Å²) in [6.07, 6.45) is -5.29. The molecule has 2 rings (SSSR count). The molecule has 0 aliphatic heterocycles. The van der Waals surface area contributed by atoms with Gasteiger partial charge in [0.1, 0.15) is 17.3 Å². The van der Waals surface area contributed by atoms with Crippen LogP contribution in [0.2, 0.25) is 0 Å². The van der Waals surface area contributed by atoms with Gasteiger partial charge in [0.25, 0.3) is 5.69 Å². The summed E-state index contributed by atoms with van der Waals surface area (Å²) < 4.78 is 68.6. The number of hydrogen-bond acceptors (Lipinski definition) is 4. The molecule has 1 N–H and O–H groups in total. The van der Waals surface area contributed by atoms with Crippen LogP contribution >= 0.6 is 15.9 Å². The number of hydrogen-bond donors (Lipinski definition) is 1. The standard InChI is InChI=1S/C14H6BrF5N2O4/c15-7-4-10(22(24)25)9(21-13(23)14(18,19)20)5-12(7)26-11-2-1-6(16)3-8(11)17/h1-5H,(H,21,23). The number of nitrogens with one attached hydrogen (secondary N) is 1. The molecule has 0 bridgehead atoms. The van der Waals surface area contributed by atoms with Crippen molar-refractivity contribution in [2.45, 2.75) is 6.18 Å². The van der Waals surface area contributed by atoms with Gasteiger partial charge in [-0.1, -0.05) is 0 Å². The summed E-state index contributed by atoms with van der Waals surface area (Å²) in [6.45, 7) is 0. The Morgan fingerprint density at radius 2 is 1.81 bits per heavy atom. The topological polar surface area (TPSA) is 81.5 Å². The summed E-state index contributed by atoms with van der Waals surface area (Å²) in [6, 6.07) is 3.74. The van der Waals surface area contributed by atoms with Crippen molar-refractivity contribution in [3.63, 3.8) is 0 Å². The Kier molecular flexibility index (Phi) is 5.44. The Labute approximate surface area is 149 Å². The van der Waals surface area contributed by atoms with Gasteiger partial charge in [0.15, 0.2) is 11.6 Å². The third-order valence-electron chi connectivity index (χ3n) is 2.87. The van der Waals surface area contributed by atoms with Gasteiger partial charge in [0.05, 0.1) is 9.40 Å². The van der Waals surface area contributed by atoms with Crippen LogP contribution in [0, 0.1) is 21.7 Å². The van der Waals surface area contributed by atoms with Gasteiger partial charge in [-0.05, 0) is 28.1 Å². The fourth-order valence-corrected chi connectivity index (χ4v) is 2.15. The van der Waals surface area contributed by atoms with E-state index in [1.54, 1.807) is 0 Å². The number of amides is 1. The van der Waals surface area contributed by atoms with Crippen molar-refractivity contribution < 1.29 is 36.4 Å². The number of anilines is 1. The first kappa shape index (κ1) is 19.6. The second-order valence-electron chi connectivity index (χ2n) is 4.69. The predicted molar refractivity (Wildman–Crippen MR) is 81.9 cm³/mol. The Hall–Kier alpha value is -2.76. The molecule has 0 saturated heterocycles. The number of rotatable bonds is 4. The number of ether oxygens (including phenoxy) is 1. The average molecular weight is 441 g/mol. The molecule has 0 spiro atoms. The summed E-state index contributed by atoms with van der Waals surface area (Å²) in [5, 5.41) is 12.3. The lowest BCUT2D eigenvalue weighted by molar-refractivity contribution is -0.384. The summed E-state index contributed by atoms with van der Waals surface area (Å²) in [5.41, 5.74) is -1.68. The second-order valence-corrected chi connectivity index (χ2v) is 5.54. The van der Waals surface area contributed by atoms with E-state index in [1.807, 2.05) is 0 Å². The maximum Gasteiger partial charge on any atom is 0.471 e. The van der Waals surface area contributed by atoms with Crippen LogP contribution in [0.25, 0.3) is 0 Å². The minimum Gasteiger partial charge on any atom is -0.453 e. The lowest BCUT2D eigenvalue weighted by Gasteiger charge is -2.13. The van der Waals surface area contributed by atoms with Crippen molar-refractivity contribution in [2.75, 3.05) is 5.32 Å². The highest BCUT2D eigenvalue weighted by atomic mass is 79.9. The first-order chi connectivity index (χ1) is 12.0. The van der Waals surface area contributed by atoms with E-state index in [0.717, 1.165) is 18.2 Å². The van der Waals surface area contributed by atoms with Crippen LogP contribution in [0.1, 0.15) is 0 Å². The first-order valence-corrected chi connectivity index (χ1v) is 7.27. The average Bonchev–Trinajstić information content (AvgIpc) is 2.51. The van der Waals surface area contributed by atoms with E-state index in [4.69, 9.17) is 4.74 Å². The molecule has 0 unspecified atom stereocenters. The molecule has 0 aromatic heterocycles. The summed E-state index contributed by atoms with van der Waals surface area (Å²) in [7, 11) is 0. The van der Waals surface area contributed by atoms with Crippen LogP contribution in [0.4, 0.5) is 33.3 Å². The molecular formula is C14H6BrF5N2O4. The zero-order chi connectivity index (χ0) is 19.6. The van der Waals surface area contributed by atoms with Crippen LogP contribution in [0.15, 0.2) is 34.8 Å². The highest BCUT2D eigenvalue weighted by molar-refractivity contribution is 9.10. The quantitative estimate of drug-likeness (QED) is 0.415. The number of nitro benzene ring substituents is 1. The number of benzene rings is 2. The fourth-order valence-electron chi connectivity index (χ4n) is 1.74. The Bertz CT molecular complexity index is 888. The maximum absolute atomic E-state index is 13.6. The van der Waals surface area contributed by atoms with Crippen LogP contribution < -0.4 is 10.1 Å². The van der Waals surface area contributed by atoms with Crippen LogP contribution in [0.5, 0.6) is 11.5 Å². The largest absolute Gasteiger partial charge is 0.471 e. The van der Waals surface area contributed by atoms with E-state index < -0.39 is 45.8 Å². The highest BCUT2D eigenvalue weighted by Gasteiger charge is 2.40. The molecule has 6 nitrogen and oxygen atoms in total. The maximum atomic E-state index is 13.6. The van der Waals surface area contributed by atoms with Crippen molar-refractivity contribution in [3.05, 3.63) is 56.6 Å². The van der Waals surface area contributed by atoms with E-state index in [9.17, 15) is 36.9 Å². The molecule has 1 amide bonds. The monoisotopic (exact) mass is 440 g/mol. The Morgan fingerprint density at radius 1 is 1.15 bits per heavy atom. The summed E-state index contributed by atoms with van der Waals surface area (Å²) >= 11 is 2.89. The van der Waals surface area contributed by atoms with Crippen molar-refractivity contribution in [2.24, 2.45) is 0 Å². The number of alkyl halides is 3. The third kappa shape index (κ3) is 4.45. The molecule has 0 fully saturated rings. The number of halogens is 6. The van der Waals surface area contributed by atoms with Crippen LogP contribution in [0.3, 0.4) is 0 Å². The van der Waals surface area contributed by atoms with Gasteiger partial charge >= 0.3 is 12.1 Å². The van der Waals surface area contributed by atoms with Crippen LogP contribution in [-0.4, -0.2) is 17.0 Å². The van der Waals surface area contributed by atoms with E-state index in [0.29, 0.717) is 12.1 Å². The number of nitrogens with zero attached hydrogens (tertiary/aromatic N) is 1. The molecule has 0 atom stereocenters. The molecule has 2 aromatic carbocycles. The molecular weight excluding hydrogens is 435 g/mol. The molecule has 12 heteroatoms. The van der Waals surface area contributed by atoms with Gasteiger partial charge in [-0.25, -0.2) is 8.78 Å². The van der Waals surface area contributed by atoms with Gasteiger partial charge in [-0.3, -0.25) is 14.9 Å². The van der Waals surface area contributed by atoms with E-state index in [1.165, 1.54) is 5.32 Å². The smallest absolute Gasteiger partial charge is 0.453 e. The Morgan fingerprint density at radius 3 is 2.35 bits per heavy atom. The first-order valence-electron chi connectivity index (χ1n) is 6.48. The molecule has 2 aromatic rings. The normalized spacial score (nSPS) is 11.2. The SMILES string of the molecule is O=C(Nc1cc(Oc2ccc(F)cc2F)c(Br)cc1[N+](=O)[O-])C(F)(F)F. The van der Waals surface area contributed by atoms with Gasteiger partial charge in [-0.15, -0.1) is 0 Å². The minimum absolute atomic E-state index is 0.113. The van der Waals surface area contributed by atoms with Gasteiger partial charge in [0, 0.05) is 18.2 Å². The van der Waals surface area contributed by atoms with Gasteiger partial charge < -0.3 is 10.1 Å². The lowest BCUT2D eigenvalue weighted by Crippen LogP contribution is -2.30. The van der Waals surface area contributed by atoms with E-state index >= 15 is 0 Å². The van der Waals surface area contributed by atoms with Crippen LogP contribution in [-0.2, 0) is 4.79 Å². The van der Waals surface area contributed by atoms with E-state index in [-0.39, 0.29) is 10.2 Å². The molecule has 26 heavy (non-hydrogen) atoms. The predicted octanol–water partition coefficient (Wildman–Crippen LogP) is 4.93. The molecule has 0 aliphatic rings. The molecule has 0 aliphatic carbocycles. The second kappa shape index (κ2) is 7.23. The molecule has 0 saturated carbocycles. The zero-order valence-electron chi connectivity index (χ0n) is 12.2. The highest BCUT2D eigenvalue weighted by Crippen LogP contribution is 2.39. The van der Waals surface area contributed by atoms with Crippen molar-refractivity contribution in [1.29, 1.82) is 0 Å². The Balaban J connectivity index is 2.46. The summed E-state index contributed by atoms with van der Waals surface area (Å²) in [4.78, 5) is 21.0. The summed E-state index contributed by atoms with van der Waals surface area (Å²) in [5.74, 6) is -5.29. The molecule has 138 valence electrons. The van der Waals surface area contributed by atoms with Gasteiger partial charge in [-0.2, -0.15) is 13.2 Å². The van der Waals surface area contributed by atoms with Crippen molar-refractivity contribution >= 4 is 33.2 Å². The number of carbonyl (C=O) groups excluding carboxylic acids is 1. The zero-order valence-corrected chi connectivity index (χ0v) is 13.8. The minimum atomic E-state index is -5.29. The lowest BCUT2D eigenvalue weighted by atomic mass is 10.2. The number of nitro groups is 1. The molecule has 0 radical (unpaired) electrons. The third-order valence-corrected chi connectivity index (χ3v) is 3.49. The molecule has 0 heterocycles.